The van der Waals surface area contributed by atoms with Crippen LogP contribution >= 0.6 is 0 Å². The normalized spacial score (nSPS) is 22.0. The van der Waals surface area contributed by atoms with Gasteiger partial charge in [0.15, 0.2) is 0 Å². The molecule has 0 fully saturated rings. The maximum Gasteiger partial charge on any atom is 0.227 e. The number of pyridine rings is 1. The quantitative estimate of drug-likeness (QED) is 0.781. The summed E-state index contributed by atoms with van der Waals surface area (Å²) in [7, 11) is 0. The Labute approximate surface area is 130 Å². The van der Waals surface area contributed by atoms with Crippen LogP contribution in [0.25, 0.3) is 11.1 Å². The minimum absolute atomic E-state index is 0.0175. The molecule has 4 nitrogen and oxygen atoms in total. The molecule has 1 amide bonds. The van der Waals surface area contributed by atoms with Crippen molar-refractivity contribution in [3.8, 4) is 11.1 Å². The highest BCUT2D eigenvalue weighted by Crippen LogP contribution is 2.31. The maximum absolute atomic E-state index is 12.3. The Morgan fingerprint density at radius 3 is 2.91 bits per heavy atom. The third-order valence-corrected chi connectivity index (χ3v) is 4.28. The average Bonchev–Trinajstić information content (AvgIpc) is 2.54. The average molecular weight is 295 g/mol. The summed E-state index contributed by atoms with van der Waals surface area (Å²) in [4.78, 5) is 16.7. The number of nitrogens with two attached hydrogens (primary N) is 1. The molecule has 114 valence electrons. The fourth-order valence-electron chi connectivity index (χ4n) is 2.85. The first kappa shape index (κ1) is 14.7. The zero-order valence-corrected chi connectivity index (χ0v) is 12.8. The summed E-state index contributed by atoms with van der Waals surface area (Å²) in [6.45, 7) is 1.97. The van der Waals surface area contributed by atoms with E-state index in [0.717, 1.165) is 41.6 Å². The van der Waals surface area contributed by atoms with Gasteiger partial charge in [0, 0.05) is 41.2 Å². The monoisotopic (exact) mass is 295 g/mol. The highest BCUT2D eigenvalue weighted by Gasteiger charge is 2.18. The first-order chi connectivity index (χ1) is 10.6. The second-order valence-corrected chi connectivity index (χ2v) is 5.98. The molecule has 0 aliphatic carbocycles. The summed E-state index contributed by atoms with van der Waals surface area (Å²) in [5.41, 5.74) is 10.1. The van der Waals surface area contributed by atoms with Crippen molar-refractivity contribution in [1.82, 2.24) is 4.98 Å². The van der Waals surface area contributed by atoms with Gasteiger partial charge in [-0.25, -0.2) is 0 Å². The fourth-order valence-corrected chi connectivity index (χ4v) is 2.85. The zero-order valence-electron chi connectivity index (χ0n) is 12.8. The number of nitrogens with one attached hydrogen (secondary N) is 1. The van der Waals surface area contributed by atoms with Crippen molar-refractivity contribution >= 4 is 11.6 Å². The van der Waals surface area contributed by atoms with Gasteiger partial charge in [0.25, 0.3) is 0 Å². The van der Waals surface area contributed by atoms with Crippen LogP contribution in [-0.2, 0) is 4.79 Å². The Balaban J connectivity index is 2.09. The van der Waals surface area contributed by atoms with Crippen molar-refractivity contribution < 1.29 is 4.79 Å². The molecule has 0 radical (unpaired) electrons. The number of para-hydroxylation sites is 1. The third-order valence-electron chi connectivity index (χ3n) is 4.28. The number of aromatic nitrogens is 1. The number of fused-ring (bicyclic) bond motifs is 4. The van der Waals surface area contributed by atoms with Gasteiger partial charge in [-0.3, -0.25) is 9.78 Å². The standard InChI is InChI=1S/C18H21N3O/c1-12-5-4-7-16(19)14-9-13(10-20-11-14)15-6-2-3-8-17(15)21-18(12)22/h2-3,6,8-12,16H,4-5,7,19H2,1H3,(H,21,22)/t12-,16+/m1/s1. The highest BCUT2D eigenvalue weighted by atomic mass is 16.1. The van der Waals surface area contributed by atoms with Crippen LogP contribution in [0.2, 0.25) is 0 Å². The minimum atomic E-state index is -0.0331. The van der Waals surface area contributed by atoms with Crippen molar-refractivity contribution in [2.24, 2.45) is 11.7 Å². The van der Waals surface area contributed by atoms with E-state index in [2.05, 4.69) is 16.4 Å². The molecule has 2 aromatic rings. The molecule has 2 heterocycles. The Hall–Kier alpha value is -2.20. The Bertz CT molecular complexity index is 684. The molecule has 2 bridgehead atoms. The number of nitrogens with zero attached hydrogens (tertiary/aromatic N) is 1. The van der Waals surface area contributed by atoms with Crippen LogP contribution < -0.4 is 11.1 Å². The molecule has 3 N–H and O–H groups in total. The summed E-state index contributed by atoms with van der Waals surface area (Å²) in [5, 5.41) is 3.05. The summed E-state index contributed by atoms with van der Waals surface area (Å²) in [6, 6.07) is 9.87. The maximum atomic E-state index is 12.3. The fraction of sp³-hybridized carbons (Fsp3) is 0.333. The number of carbonyl (C=O) groups excluding carboxylic acids is 1. The molecule has 1 aliphatic rings. The van der Waals surface area contributed by atoms with E-state index >= 15 is 0 Å². The van der Waals surface area contributed by atoms with E-state index in [4.69, 9.17) is 5.73 Å². The van der Waals surface area contributed by atoms with Crippen molar-refractivity contribution in [3.63, 3.8) is 0 Å². The van der Waals surface area contributed by atoms with Crippen molar-refractivity contribution in [3.05, 3.63) is 48.3 Å². The number of amides is 1. The number of rotatable bonds is 0. The predicted octanol–water partition coefficient (Wildman–Crippen LogP) is 3.51. The Kier molecular flexibility index (Phi) is 4.20. The van der Waals surface area contributed by atoms with E-state index in [1.165, 1.54) is 0 Å². The molecule has 22 heavy (non-hydrogen) atoms. The summed E-state index contributed by atoms with van der Waals surface area (Å²) < 4.78 is 0. The number of carbonyl (C=O) groups is 1. The highest BCUT2D eigenvalue weighted by molar-refractivity contribution is 5.96. The van der Waals surface area contributed by atoms with Gasteiger partial charge >= 0.3 is 0 Å². The molecular weight excluding hydrogens is 274 g/mol. The van der Waals surface area contributed by atoms with Crippen LogP contribution in [0.15, 0.2) is 42.7 Å². The van der Waals surface area contributed by atoms with Gasteiger partial charge in [-0.1, -0.05) is 31.5 Å². The lowest BCUT2D eigenvalue weighted by Gasteiger charge is -2.19. The molecule has 1 aromatic carbocycles. The van der Waals surface area contributed by atoms with Gasteiger partial charge < -0.3 is 11.1 Å². The van der Waals surface area contributed by atoms with E-state index in [9.17, 15) is 4.79 Å². The second kappa shape index (κ2) is 6.28. The molecule has 4 heteroatoms. The molecule has 0 saturated heterocycles. The summed E-state index contributed by atoms with van der Waals surface area (Å²) >= 11 is 0. The Morgan fingerprint density at radius 1 is 1.23 bits per heavy atom. The number of anilines is 1. The van der Waals surface area contributed by atoms with Crippen LogP contribution in [0.4, 0.5) is 5.69 Å². The molecule has 0 saturated carbocycles. The largest absolute Gasteiger partial charge is 0.325 e. The van der Waals surface area contributed by atoms with Gasteiger partial charge in [0.2, 0.25) is 5.91 Å². The lowest BCUT2D eigenvalue weighted by molar-refractivity contribution is -0.119. The number of hydrogen-bond donors (Lipinski definition) is 2. The number of hydrogen-bond acceptors (Lipinski definition) is 3. The van der Waals surface area contributed by atoms with E-state index < -0.39 is 0 Å². The van der Waals surface area contributed by atoms with Crippen LogP contribution in [-0.4, -0.2) is 10.9 Å². The molecular formula is C18H21N3O. The van der Waals surface area contributed by atoms with Crippen LogP contribution in [0.5, 0.6) is 0 Å². The van der Waals surface area contributed by atoms with Crippen LogP contribution in [0, 0.1) is 5.92 Å². The molecule has 1 aromatic heterocycles. The first-order valence-electron chi connectivity index (χ1n) is 7.76. The van der Waals surface area contributed by atoms with Crippen molar-refractivity contribution in [2.75, 3.05) is 5.32 Å². The zero-order chi connectivity index (χ0) is 15.5. The van der Waals surface area contributed by atoms with Crippen LogP contribution in [0.1, 0.15) is 37.8 Å². The van der Waals surface area contributed by atoms with E-state index in [1.54, 1.807) is 0 Å². The molecule has 2 atom stereocenters. The van der Waals surface area contributed by atoms with E-state index in [0.29, 0.717) is 0 Å². The summed E-state index contributed by atoms with van der Waals surface area (Å²) in [6.07, 6.45) is 6.29. The van der Waals surface area contributed by atoms with E-state index in [-0.39, 0.29) is 17.9 Å². The smallest absolute Gasteiger partial charge is 0.227 e. The molecule has 1 aliphatic heterocycles. The molecule has 0 unspecified atom stereocenters. The van der Waals surface area contributed by atoms with Gasteiger partial charge in [0.1, 0.15) is 0 Å². The first-order valence-corrected chi connectivity index (χ1v) is 7.76. The van der Waals surface area contributed by atoms with Gasteiger partial charge in [-0.05, 0) is 30.5 Å². The predicted molar refractivity (Wildman–Crippen MR) is 88.2 cm³/mol. The molecule has 3 rings (SSSR count). The lowest BCUT2D eigenvalue weighted by atomic mass is 9.95. The van der Waals surface area contributed by atoms with Gasteiger partial charge in [-0.15, -0.1) is 0 Å². The SMILES string of the molecule is C[C@@H]1CCC[C@H](N)c2cncc(c2)-c2ccccc2NC1=O. The topological polar surface area (TPSA) is 68.0 Å². The van der Waals surface area contributed by atoms with Crippen molar-refractivity contribution in [1.29, 1.82) is 0 Å². The van der Waals surface area contributed by atoms with Crippen molar-refractivity contribution in [2.45, 2.75) is 32.2 Å². The van der Waals surface area contributed by atoms with Gasteiger partial charge in [-0.2, -0.15) is 0 Å². The second-order valence-electron chi connectivity index (χ2n) is 5.98. The van der Waals surface area contributed by atoms with Gasteiger partial charge in [0.05, 0.1) is 0 Å². The molecule has 0 spiro atoms. The van der Waals surface area contributed by atoms with E-state index in [1.807, 2.05) is 43.6 Å². The Morgan fingerprint density at radius 2 is 2.05 bits per heavy atom. The van der Waals surface area contributed by atoms with Crippen LogP contribution in [0.3, 0.4) is 0 Å². The minimum Gasteiger partial charge on any atom is -0.325 e. The number of benzene rings is 1. The lowest BCUT2D eigenvalue weighted by Crippen LogP contribution is -2.21. The summed E-state index contributed by atoms with van der Waals surface area (Å²) in [5.74, 6) is 0.0434. The third kappa shape index (κ3) is 3.02.